The van der Waals surface area contributed by atoms with Gasteiger partial charge in [-0.15, -0.1) is 0 Å². The van der Waals surface area contributed by atoms with Crippen LogP contribution in [-0.4, -0.2) is 76.2 Å². The van der Waals surface area contributed by atoms with E-state index in [1.54, 1.807) is 28.8 Å². The number of nitrogens with one attached hydrogen (secondary N) is 1. The van der Waals surface area contributed by atoms with E-state index in [1.807, 2.05) is 13.0 Å². The van der Waals surface area contributed by atoms with Gasteiger partial charge in [0.05, 0.1) is 19.2 Å². The van der Waals surface area contributed by atoms with Gasteiger partial charge in [0.25, 0.3) is 5.78 Å². The van der Waals surface area contributed by atoms with Gasteiger partial charge in [-0.2, -0.15) is 14.6 Å². The van der Waals surface area contributed by atoms with E-state index in [-0.39, 0.29) is 5.91 Å². The van der Waals surface area contributed by atoms with Gasteiger partial charge in [0.15, 0.2) is 0 Å². The molecular weight excluding hydrogens is 386 g/mol. The smallest absolute Gasteiger partial charge is 0.337 e. The summed E-state index contributed by atoms with van der Waals surface area (Å²) in [5.41, 5.74) is 1.98. The monoisotopic (exact) mass is 409 g/mol. The van der Waals surface area contributed by atoms with Gasteiger partial charge in [0.1, 0.15) is 12.1 Å². The maximum absolute atomic E-state index is 12.4. The van der Waals surface area contributed by atoms with Crippen LogP contribution < -0.4 is 10.2 Å². The number of anilines is 2. The molecule has 3 aromatic rings. The van der Waals surface area contributed by atoms with Crippen LogP contribution in [0.3, 0.4) is 0 Å². The van der Waals surface area contributed by atoms with Crippen LogP contribution in [-0.2, 0) is 9.53 Å². The van der Waals surface area contributed by atoms with E-state index >= 15 is 0 Å². The van der Waals surface area contributed by atoms with E-state index in [2.05, 4.69) is 34.9 Å². The van der Waals surface area contributed by atoms with Crippen molar-refractivity contribution in [1.82, 2.24) is 24.5 Å². The lowest BCUT2D eigenvalue weighted by molar-refractivity contribution is -0.117. The van der Waals surface area contributed by atoms with Gasteiger partial charge < -0.3 is 15.0 Å². The van der Waals surface area contributed by atoms with Crippen molar-refractivity contribution in [3.05, 3.63) is 47.9 Å². The first-order chi connectivity index (χ1) is 14.5. The fourth-order valence-corrected chi connectivity index (χ4v) is 3.48. The number of esters is 1. The number of carbonyl (C=O) groups is 2. The Morgan fingerprint density at radius 2 is 1.87 bits per heavy atom. The summed E-state index contributed by atoms with van der Waals surface area (Å²) in [7, 11) is 1.34. The number of hydrogen-bond acceptors (Lipinski definition) is 8. The number of carbonyl (C=O) groups excluding carboxylic acids is 2. The molecule has 1 N–H and O–H groups in total. The van der Waals surface area contributed by atoms with Crippen molar-refractivity contribution in [2.24, 2.45) is 0 Å². The maximum Gasteiger partial charge on any atom is 0.337 e. The number of aryl methyl sites for hydroxylation is 1. The summed E-state index contributed by atoms with van der Waals surface area (Å²) in [6.45, 7) is 5.31. The zero-order valence-electron chi connectivity index (χ0n) is 16.9. The normalized spacial score (nSPS) is 14.7. The van der Waals surface area contributed by atoms with Crippen LogP contribution in [0.4, 0.5) is 11.5 Å². The molecule has 0 spiro atoms. The van der Waals surface area contributed by atoms with Gasteiger partial charge in [-0.1, -0.05) is 0 Å². The summed E-state index contributed by atoms with van der Waals surface area (Å²) < 4.78 is 6.42. The molecular formula is C20H23N7O3. The first-order valence-electron chi connectivity index (χ1n) is 9.66. The van der Waals surface area contributed by atoms with E-state index in [1.165, 1.54) is 13.4 Å². The molecule has 4 rings (SSSR count). The lowest BCUT2D eigenvalue weighted by Gasteiger charge is -2.35. The third-order valence-electron chi connectivity index (χ3n) is 5.01. The number of methoxy groups -OCH3 is 1. The van der Waals surface area contributed by atoms with Crippen molar-refractivity contribution in [1.29, 1.82) is 0 Å². The number of hydrogen-bond donors (Lipinski definition) is 1. The fourth-order valence-electron chi connectivity index (χ4n) is 3.48. The predicted molar refractivity (Wildman–Crippen MR) is 111 cm³/mol. The molecule has 10 heteroatoms. The standard InChI is InChI=1S/C20H23N7O3/c1-14-11-18(27-20(23-14)21-13-22-27)26-9-7-25(8-10-26)12-17(28)24-16-5-3-15(4-6-16)19(29)30-2/h3-6,11,13H,7-10,12H2,1-2H3,(H,24,28). The average molecular weight is 409 g/mol. The van der Waals surface area contributed by atoms with Crippen molar-refractivity contribution in [3.8, 4) is 0 Å². The lowest BCUT2D eigenvalue weighted by atomic mass is 10.2. The highest BCUT2D eigenvalue weighted by Gasteiger charge is 2.22. The van der Waals surface area contributed by atoms with Crippen LogP contribution in [0.25, 0.3) is 5.78 Å². The molecule has 3 heterocycles. The number of benzene rings is 1. The summed E-state index contributed by atoms with van der Waals surface area (Å²) in [4.78, 5) is 36.8. The second kappa shape index (κ2) is 8.46. The molecule has 1 amide bonds. The Morgan fingerprint density at radius 1 is 1.13 bits per heavy atom. The number of aromatic nitrogens is 4. The summed E-state index contributed by atoms with van der Waals surface area (Å²) in [5.74, 6) is 1.06. The number of ether oxygens (including phenoxy) is 1. The number of piperazine rings is 1. The zero-order valence-corrected chi connectivity index (χ0v) is 16.9. The minimum absolute atomic E-state index is 0.0901. The number of amides is 1. The minimum Gasteiger partial charge on any atom is -0.465 e. The van der Waals surface area contributed by atoms with Gasteiger partial charge in [0.2, 0.25) is 5.91 Å². The van der Waals surface area contributed by atoms with Crippen LogP contribution in [0, 0.1) is 6.92 Å². The van der Waals surface area contributed by atoms with E-state index in [0.29, 0.717) is 23.6 Å². The average Bonchev–Trinajstić information content (AvgIpc) is 3.22. The molecule has 2 aromatic heterocycles. The SMILES string of the molecule is COC(=O)c1ccc(NC(=O)CN2CCN(c3cc(C)nc4ncnn34)CC2)cc1. The molecule has 1 aliphatic heterocycles. The molecule has 1 aromatic carbocycles. The molecule has 10 nitrogen and oxygen atoms in total. The molecule has 1 fully saturated rings. The maximum atomic E-state index is 12.4. The van der Waals surface area contributed by atoms with Crippen LogP contribution in [0.5, 0.6) is 0 Å². The summed E-state index contributed by atoms with van der Waals surface area (Å²) >= 11 is 0. The summed E-state index contributed by atoms with van der Waals surface area (Å²) in [6, 6.07) is 8.64. The molecule has 30 heavy (non-hydrogen) atoms. The lowest BCUT2D eigenvalue weighted by Crippen LogP contribution is -2.49. The van der Waals surface area contributed by atoms with Gasteiger partial charge in [-0.05, 0) is 31.2 Å². The van der Waals surface area contributed by atoms with E-state index in [4.69, 9.17) is 0 Å². The van der Waals surface area contributed by atoms with Gasteiger partial charge in [0, 0.05) is 43.6 Å². The first-order valence-corrected chi connectivity index (χ1v) is 9.66. The van der Waals surface area contributed by atoms with Gasteiger partial charge in [-0.25, -0.2) is 9.78 Å². The molecule has 0 saturated carbocycles. The topological polar surface area (TPSA) is 105 Å². The van der Waals surface area contributed by atoms with Crippen LogP contribution in [0.15, 0.2) is 36.7 Å². The Balaban J connectivity index is 1.32. The molecule has 156 valence electrons. The summed E-state index contributed by atoms with van der Waals surface area (Å²) in [5, 5.41) is 7.13. The van der Waals surface area contributed by atoms with Crippen LogP contribution >= 0.6 is 0 Å². The highest BCUT2D eigenvalue weighted by atomic mass is 16.5. The first kappa shape index (κ1) is 19.8. The number of rotatable bonds is 5. The minimum atomic E-state index is -0.404. The predicted octanol–water partition coefficient (Wildman–Crippen LogP) is 0.980. The van der Waals surface area contributed by atoms with Crippen molar-refractivity contribution in [2.45, 2.75) is 6.92 Å². The quantitative estimate of drug-likeness (QED) is 0.622. The largest absolute Gasteiger partial charge is 0.465 e. The zero-order chi connectivity index (χ0) is 21.1. The van der Waals surface area contributed by atoms with Crippen molar-refractivity contribution in [3.63, 3.8) is 0 Å². The number of nitrogens with zero attached hydrogens (tertiary/aromatic N) is 6. The van der Waals surface area contributed by atoms with E-state index in [0.717, 1.165) is 37.7 Å². The third kappa shape index (κ3) is 4.23. The molecule has 1 saturated heterocycles. The van der Waals surface area contributed by atoms with Crippen molar-refractivity contribution < 1.29 is 14.3 Å². The Hall–Kier alpha value is -3.53. The van der Waals surface area contributed by atoms with Crippen molar-refractivity contribution >= 4 is 29.2 Å². The second-order valence-electron chi connectivity index (χ2n) is 7.11. The van der Waals surface area contributed by atoms with Gasteiger partial charge in [-0.3, -0.25) is 9.69 Å². The Morgan fingerprint density at radius 3 is 2.57 bits per heavy atom. The van der Waals surface area contributed by atoms with Crippen molar-refractivity contribution in [2.75, 3.05) is 50.1 Å². The van der Waals surface area contributed by atoms with E-state index in [9.17, 15) is 9.59 Å². The van der Waals surface area contributed by atoms with Crippen LogP contribution in [0.1, 0.15) is 16.1 Å². The van der Waals surface area contributed by atoms with Crippen LogP contribution in [0.2, 0.25) is 0 Å². The fraction of sp³-hybridized carbons (Fsp3) is 0.350. The summed E-state index contributed by atoms with van der Waals surface area (Å²) in [6.07, 6.45) is 1.50. The Bertz CT molecular complexity index is 1060. The van der Waals surface area contributed by atoms with Gasteiger partial charge >= 0.3 is 5.97 Å². The molecule has 1 aliphatic rings. The molecule has 0 atom stereocenters. The molecule has 0 aliphatic carbocycles. The Kier molecular flexibility index (Phi) is 5.57. The highest BCUT2D eigenvalue weighted by molar-refractivity contribution is 5.94. The molecule has 0 bridgehead atoms. The third-order valence-corrected chi connectivity index (χ3v) is 5.01. The number of fused-ring (bicyclic) bond motifs is 1. The second-order valence-corrected chi connectivity index (χ2v) is 7.11. The molecule has 0 radical (unpaired) electrons. The highest BCUT2D eigenvalue weighted by Crippen LogP contribution is 2.18. The van der Waals surface area contributed by atoms with E-state index < -0.39 is 5.97 Å². The Labute approximate surface area is 173 Å². The molecule has 0 unspecified atom stereocenters.